The Labute approximate surface area is 138 Å². The third kappa shape index (κ3) is 2.23. The SMILES string of the molecule is CCSc1ccnc(C2Cn3c(nc4ccccc43)S2)c1C. The lowest BCUT2D eigenvalue weighted by molar-refractivity contribution is 0.670. The van der Waals surface area contributed by atoms with Crippen molar-refractivity contribution in [2.24, 2.45) is 0 Å². The van der Waals surface area contributed by atoms with Gasteiger partial charge in [-0.05, 0) is 36.4 Å². The molecule has 5 heteroatoms. The second kappa shape index (κ2) is 5.63. The third-order valence-electron chi connectivity index (χ3n) is 4.01. The molecule has 1 atom stereocenters. The van der Waals surface area contributed by atoms with E-state index >= 15 is 0 Å². The van der Waals surface area contributed by atoms with Gasteiger partial charge >= 0.3 is 0 Å². The Morgan fingerprint density at radius 1 is 1.32 bits per heavy atom. The monoisotopic (exact) mass is 327 g/mol. The summed E-state index contributed by atoms with van der Waals surface area (Å²) in [5, 5.41) is 1.48. The number of para-hydroxylation sites is 2. The maximum Gasteiger partial charge on any atom is 0.169 e. The van der Waals surface area contributed by atoms with Gasteiger partial charge in [-0.15, -0.1) is 11.8 Å². The summed E-state index contributed by atoms with van der Waals surface area (Å²) < 4.78 is 2.32. The number of nitrogens with zero attached hydrogens (tertiary/aromatic N) is 3. The lowest BCUT2D eigenvalue weighted by atomic mass is 10.1. The number of thioether (sulfide) groups is 2. The molecule has 1 aromatic carbocycles. The molecule has 1 aliphatic rings. The summed E-state index contributed by atoms with van der Waals surface area (Å²) in [6, 6.07) is 10.5. The molecule has 2 aromatic heterocycles. The number of pyridine rings is 1. The fourth-order valence-electron chi connectivity index (χ4n) is 2.96. The molecule has 0 radical (unpaired) electrons. The molecule has 3 heterocycles. The van der Waals surface area contributed by atoms with Crippen molar-refractivity contribution < 1.29 is 0 Å². The Hall–Kier alpha value is -1.46. The van der Waals surface area contributed by atoms with Crippen LogP contribution >= 0.6 is 23.5 Å². The summed E-state index contributed by atoms with van der Waals surface area (Å²) in [4.78, 5) is 10.8. The molecule has 0 fully saturated rings. The highest BCUT2D eigenvalue weighted by Gasteiger charge is 2.29. The van der Waals surface area contributed by atoms with E-state index in [-0.39, 0.29) is 0 Å². The van der Waals surface area contributed by atoms with Crippen molar-refractivity contribution in [1.82, 2.24) is 14.5 Å². The Morgan fingerprint density at radius 3 is 3.05 bits per heavy atom. The second-order valence-corrected chi connectivity index (χ2v) is 7.83. The Morgan fingerprint density at radius 2 is 2.18 bits per heavy atom. The van der Waals surface area contributed by atoms with Gasteiger partial charge in [0.25, 0.3) is 0 Å². The molecule has 0 saturated carbocycles. The van der Waals surface area contributed by atoms with Gasteiger partial charge in [0.2, 0.25) is 0 Å². The van der Waals surface area contributed by atoms with E-state index < -0.39 is 0 Å². The first-order valence-electron chi connectivity index (χ1n) is 7.48. The zero-order valence-electron chi connectivity index (χ0n) is 12.6. The first kappa shape index (κ1) is 14.2. The summed E-state index contributed by atoms with van der Waals surface area (Å²) in [5.41, 5.74) is 4.84. The van der Waals surface area contributed by atoms with Crippen LogP contribution in [0.1, 0.15) is 23.4 Å². The minimum absolute atomic E-state index is 0.365. The minimum Gasteiger partial charge on any atom is -0.317 e. The molecule has 0 bridgehead atoms. The second-order valence-electron chi connectivity index (χ2n) is 5.35. The largest absolute Gasteiger partial charge is 0.317 e. The van der Waals surface area contributed by atoms with E-state index in [9.17, 15) is 0 Å². The van der Waals surface area contributed by atoms with Gasteiger partial charge in [0, 0.05) is 17.6 Å². The number of imidazole rings is 1. The van der Waals surface area contributed by atoms with Gasteiger partial charge < -0.3 is 4.57 Å². The smallest absolute Gasteiger partial charge is 0.169 e. The van der Waals surface area contributed by atoms with Gasteiger partial charge in [-0.3, -0.25) is 4.98 Å². The molecule has 3 nitrogen and oxygen atoms in total. The lowest BCUT2D eigenvalue weighted by Gasteiger charge is -2.14. The molecular formula is C17H17N3S2. The Kier molecular flexibility index (Phi) is 3.62. The van der Waals surface area contributed by atoms with Crippen LogP contribution in [-0.2, 0) is 6.54 Å². The molecule has 4 rings (SSSR count). The van der Waals surface area contributed by atoms with Crippen LogP contribution in [0.5, 0.6) is 0 Å². The van der Waals surface area contributed by atoms with Crippen LogP contribution in [0.2, 0.25) is 0 Å². The number of aromatic nitrogens is 3. The predicted molar refractivity (Wildman–Crippen MR) is 93.7 cm³/mol. The third-order valence-corrected chi connectivity index (χ3v) is 6.24. The van der Waals surface area contributed by atoms with Crippen molar-refractivity contribution in [3.8, 4) is 0 Å². The van der Waals surface area contributed by atoms with E-state index in [2.05, 4.69) is 47.7 Å². The van der Waals surface area contributed by atoms with Gasteiger partial charge in [0.1, 0.15) is 0 Å². The van der Waals surface area contributed by atoms with E-state index in [4.69, 9.17) is 4.98 Å². The number of fused-ring (bicyclic) bond motifs is 3. The molecule has 0 spiro atoms. The highest BCUT2D eigenvalue weighted by atomic mass is 32.2. The van der Waals surface area contributed by atoms with Crippen LogP contribution in [0.25, 0.3) is 11.0 Å². The highest BCUT2D eigenvalue weighted by molar-refractivity contribution is 7.99. The average molecular weight is 327 g/mol. The number of benzene rings is 1. The van der Waals surface area contributed by atoms with Crippen LogP contribution in [0.4, 0.5) is 0 Å². The summed E-state index contributed by atoms with van der Waals surface area (Å²) in [6.07, 6.45) is 1.94. The molecule has 3 aromatic rings. The van der Waals surface area contributed by atoms with E-state index in [1.54, 1.807) is 0 Å². The van der Waals surface area contributed by atoms with Crippen LogP contribution in [0.3, 0.4) is 0 Å². The molecule has 112 valence electrons. The first-order chi connectivity index (χ1) is 10.8. The van der Waals surface area contributed by atoms with Crippen molar-refractivity contribution in [1.29, 1.82) is 0 Å². The van der Waals surface area contributed by atoms with Gasteiger partial charge in [0.05, 0.1) is 22.0 Å². The number of hydrogen-bond acceptors (Lipinski definition) is 4. The van der Waals surface area contributed by atoms with E-state index in [1.807, 2.05) is 35.8 Å². The Bertz CT molecular complexity index is 841. The number of rotatable bonds is 3. The standard InChI is InChI=1S/C17H17N3S2/c1-3-21-14-8-9-18-16(11(14)2)15-10-20-13-7-5-4-6-12(13)19-17(20)22-15/h4-9,15H,3,10H2,1-2H3. The normalized spacial score (nSPS) is 17.1. The fraction of sp³-hybridized carbons (Fsp3) is 0.294. The maximum atomic E-state index is 4.75. The van der Waals surface area contributed by atoms with Crippen LogP contribution in [0.15, 0.2) is 46.6 Å². The van der Waals surface area contributed by atoms with Crippen molar-refractivity contribution >= 4 is 34.6 Å². The lowest BCUT2D eigenvalue weighted by Crippen LogP contribution is -2.04. The van der Waals surface area contributed by atoms with Crippen molar-refractivity contribution in [2.75, 3.05) is 5.75 Å². The minimum atomic E-state index is 0.365. The quantitative estimate of drug-likeness (QED) is 0.653. The van der Waals surface area contributed by atoms with E-state index in [0.717, 1.165) is 23.0 Å². The zero-order chi connectivity index (χ0) is 15.1. The number of hydrogen-bond donors (Lipinski definition) is 0. The van der Waals surface area contributed by atoms with Crippen LogP contribution in [0, 0.1) is 6.92 Å². The zero-order valence-corrected chi connectivity index (χ0v) is 14.2. The summed E-state index contributed by atoms with van der Waals surface area (Å²) in [7, 11) is 0. The maximum absolute atomic E-state index is 4.75. The van der Waals surface area contributed by atoms with Crippen LogP contribution in [-0.4, -0.2) is 20.3 Å². The molecule has 1 aliphatic heterocycles. The molecule has 0 N–H and O–H groups in total. The highest BCUT2D eigenvalue weighted by Crippen LogP contribution is 2.45. The predicted octanol–water partition coefficient (Wildman–Crippen LogP) is 4.70. The summed E-state index contributed by atoms with van der Waals surface area (Å²) in [5.74, 6) is 1.09. The first-order valence-corrected chi connectivity index (χ1v) is 9.34. The fourth-order valence-corrected chi connectivity index (χ4v) is 5.03. The summed E-state index contributed by atoms with van der Waals surface area (Å²) >= 11 is 3.73. The van der Waals surface area contributed by atoms with E-state index in [1.165, 1.54) is 21.7 Å². The average Bonchev–Trinajstić information content (AvgIpc) is 3.07. The van der Waals surface area contributed by atoms with Crippen molar-refractivity contribution in [2.45, 2.75) is 35.7 Å². The molecular weight excluding hydrogens is 310 g/mol. The van der Waals surface area contributed by atoms with Gasteiger partial charge in [-0.1, -0.05) is 30.8 Å². The van der Waals surface area contributed by atoms with Crippen LogP contribution < -0.4 is 0 Å². The molecule has 0 saturated heterocycles. The molecule has 22 heavy (non-hydrogen) atoms. The molecule has 0 amide bonds. The molecule has 1 unspecified atom stereocenters. The van der Waals surface area contributed by atoms with Gasteiger partial charge in [-0.25, -0.2) is 4.98 Å². The van der Waals surface area contributed by atoms with E-state index in [0.29, 0.717) is 5.25 Å². The molecule has 0 aliphatic carbocycles. The Balaban J connectivity index is 1.70. The van der Waals surface area contributed by atoms with Crippen molar-refractivity contribution in [3.63, 3.8) is 0 Å². The van der Waals surface area contributed by atoms with Gasteiger partial charge in [-0.2, -0.15) is 0 Å². The topological polar surface area (TPSA) is 30.7 Å². The van der Waals surface area contributed by atoms with Gasteiger partial charge in [0.15, 0.2) is 5.16 Å². The van der Waals surface area contributed by atoms with Crippen molar-refractivity contribution in [3.05, 3.63) is 47.8 Å². The summed E-state index contributed by atoms with van der Waals surface area (Å²) in [6.45, 7) is 5.34.